The van der Waals surface area contributed by atoms with Crippen LogP contribution in [0.4, 0.5) is 5.69 Å². The van der Waals surface area contributed by atoms with Gasteiger partial charge >= 0.3 is 0 Å². The molecule has 0 bridgehead atoms. The average molecular weight is 492 g/mol. The largest absolute Gasteiger partial charge is 0.493 e. The van der Waals surface area contributed by atoms with Crippen LogP contribution in [0.3, 0.4) is 0 Å². The summed E-state index contributed by atoms with van der Waals surface area (Å²) >= 11 is 0. The summed E-state index contributed by atoms with van der Waals surface area (Å²) in [7, 11) is 3.12. The Balaban J connectivity index is 1.26. The number of carbonyl (C=O) groups is 2. The number of hydrogen-bond donors (Lipinski definition) is 1. The molecule has 0 atom stereocenters. The van der Waals surface area contributed by atoms with Crippen LogP contribution in [0.25, 0.3) is 0 Å². The van der Waals surface area contributed by atoms with Crippen LogP contribution in [0.2, 0.25) is 0 Å². The van der Waals surface area contributed by atoms with Gasteiger partial charge in [-0.15, -0.1) is 0 Å². The molecule has 9 heteroatoms. The number of hydrogen-bond acceptors (Lipinski definition) is 7. The van der Waals surface area contributed by atoms with Crippen LogP contribution in [0, 0.1) is 0 Å². The molecule has 36 heavy (non-hydrogen) atoms. The predicted molar refractivity (Wildman–Crippen MR) is 134 cm³/mol. The lowest BCUT2D eigenvalue weighted by Gasteiger charge is -2.22. The first-order valence-corrected chi connectivity index (χ1v) is 11.7. The van der Waals surface area contributed by atoms with Crippen LogP contribution >= 0.6 is 0 Å². The van der Waals surface area contributed by atoms with E-state index in [1.807, 2.05) is 24.3 Å². The van der Waals surface area contributed by atoms with Gasteiger partial charge in [0.2, 0.25) is 11.8 Å². The van der Waals surface area contributed by atoms with Crippen LogP contribution in [-0.4, -0.2) is 55.1 Å². The summed E-state index contributed by atoms with van der Waals surface area (Å²) in [4.78, 5) is 31.3. The van der Waals surface area contributed by atoms with Gasteiger partial charge in [-0.05, 0) is 43.2 Å². The fourth-order valence-corrected chi connectivity index (χ4v) is 3.63. The normalized spacial score (nSPS) is 12.4. The van der Waals surface area contributed by atoms with E-state index in [9.17, 15) is 9.59 Å². The van der Waals surface area contributed by atoms with Crippen molar-refractivity contribution in [1.82, 2.24) is 9.88 Å². The molecular weight excluding hydrogens is 462 g/mol. The molecule has 2 aromatic carbocycles. The van der Waals surface area contributed by atoms with Crippen LogP contribution in [0.1, 0.15) is 19.3 Å². The molecule has 1 fully saturated rings. The van der Waals surface area contributed by atoms with Gasteiger partial charge in [0.05, 0.1) is 26.1 Å². The summed E-state index contributed by atoms with van der Waals surface area (Å²) in [6.07, 6.45) is 3.54. The second kappa shape index (κ2) is 11.9. The zero-order chi connectivity index (χ0) is 25.3. The van der Waals surface area contributed by atoms with Crippen LogP contribution in [-0.2, 0) is 9.59 Å². The molecule has 1 heterocycles. The molecule has 0 saturated heterocycles. The molecule has 188 valence electrons. The molecule has 1 aliphatic carbocycles. The van der Waals surface area contributed by atoms with Crippen molar-refractivity contribution in [2.75, 3.05) is 32.7 Å². The van der Waals surface area contributed by atoms with Crippen LogP contribution in [0.15, 0.2) is 66.9 Å². The number of benzene rings is 2. The highest BCUT2D eigenvalue weighted by Crippen LogP contribution is 2.31. The maximum Gasteiger partial charge on any atom is 0.260 e. The lowest BCUT2D eigenvalue weighted by molar-refractivity contribution is -0.134. The first-order valence-electron chi connectivity index (χ1n) is 11.7. The van der Waals surface area contributed by atoms with Gasteiger partial charge in [0.25, 0.3) is 5.91 Å². The van der Waals surface area contributed by atoms with E-state index in [0.29, 0.717) is 41.1 Å². The molecule has 1 saturated carbocycles. The zero-order valence-corrected chi connectivity index (χ0v) is 20.3. The lowest BCUT2D eigenvalue weighted by atomic mass is 10.3. The summed E-state index contributed by atoms with van der Waals surface area (Å²) in [5.41, 5.74) is 0.538. The topological polar surface area (TPSA) is 99.2 Å². The number of amides is 2. The predicted octanol–water partition coefficient (Wildman–Crippen LogP) is 4.29. The number of anilines is 1. The van der Waals surface area contributed by atoms with E-state index >= 15 is 0 Å². The van der Waals surface area contributed by atoms with E-state index < -0.39 is 0 Å². The fraction of sp³-hybridized carbons (Fsp3) is 0.296. The van der Waals surface area contributed by atoms with Crippen molar-refractivity contribution in [2.45, 2.75) is 25.3 Å². The maximum absolute atomic E-state index is 12.8. The van der Waals surface area contributed by atoms with E-state index in [0.717, 1.165) is 12.8 Å². The Morgan fingerprint density at radius 3 is 2.17 bits per heavy atom. The van der Waals surface area contributed by atoms with Crippen molar-refractivity contribution in [3.8, 4) is 28.9 Å². The maximum atomic E-state index is 12.8. The minimum atomic E-state index is -0.209. The highest BCUT2D eigenvalue weighted by Gasteiger charge is 2.32. The van der Waals surface area contributed by atoms with Gasteiger partial charge in [0.15, 0.2) is 29.6 Å². The minimum absolute atomic E-state index is 0.115. The van der Waals surface area contributed by atoms with Crippen molar-refractivity contribution in [3.63, 3.8) is 0 Å². The highest BCUT2D eigenvalue weighted by molar-refractivity contribution is 5.91. The summed E-state index contributed by atoms with van der Waals surface area (Å²) in [5.74, 6) is 2.22. The van der Waals surface area contributed by atoms with Crippen molar-refractivity contribution in [3.05, 3.63) is 66.9 Å². The highest BCUT2D eigenvalue weighted by atomic mass is 16.5. The molecule has 4 rings (SSSR count). The number of nitrogens with one attached hydrogen (secondary N) is 1. The van der Waals surface area contributed by atoms with Gasteiger partial charge in [-0.1, -0.05) is 24.3 Å². The molecule has 0 spiro atoms. The third-order valence-corrected chi connectivity index (χ3v) is 5.61. The van der Waals surface area contributed by atoms with Gasteiger partial charge in [-0.3, -0.25) is 9.59 Å². The Labute approximate surface area is 209 Å². The minimum Gasteiger partial charge on any atom is -0.493 e. The zero-order valence-electron chi connectivity index (χ0n) is 20.3. The summed E-state index contributed by atoms with van der Waals surface area (Å²) in [5, 5.41) is 2.81. The number of carbonyl (C=O) groups excluding carboxylic acids is 2. The molecule has 1 aromatic heterocycles. The summed E-state index contributed by atoms with van der Waals surface area (Å²) in [6, 6.07) is 18.0. The molecule has 1 aliphatic rings. The van der Waals surface area contributed by atoms with Crippen LogP contribution in [0.5, 0.6) is 28.9 Å². The monoisotopic (exact) mass is 491 g/mol. The number of para-hydroxylation sites is 4. The van der Waals surface area contributed by atoms with Crippen molar-refractivity contribution >= 4 is 17.5 Å². The number of methoxy groups -OCH3 is 2. The first-order chi connectivity index (χ1) is 17.6. The van der Waals surface area contributed by atoms with E-state index in [4.69, 9.17) is 18.9 Å². The second-order valence-electron chi connectivity index (χ2n) is 8.19. The van der Waals surface area contributed by atoms with E-state index in [1.165, 1.54) is 6.20 Å². The van der Waals surface area contributed by atoms with Gasteiger partial charge in [-0.2, -0.15) is 0 Å². The van der Waals surface area contributed by atoms with Gasteiger partial charge in [-0.25, -0.2) is 4.98 Å². The van der Waals surface area contributed by atoms with Crippen molar-refractivity contribution < 1.29 is 28.5 Å². The summed E-state index contributed by atoms with van der Waals surface area (Å²) in [6.45, 7) is 0.198. The Kier molecular flexibility index (Phi) is 8.23. The second-order valence-corrected chi connectivity index (χ2v) is 8.19. The standard InChI is InChI=1S/C27H29N3O6/c1-33-21-7-3-5-9-23(21)35-18-27(32)30(20-12-13-20)16-15-25(31)29-19-11-14-26(28-17-19)36-24-10-6-4-8-22(24)34-2/h3-11,14,17,20H,12-13,15-16,18H2,1-2H3,(H,29,31). The number of rotatable bonds is 12. The molecule has 0 unspecified atom stereocenters. The van der Waals surface area contributed by atoms with Crippen LogP contribution < -0.4 is 24.3 Å². The molecule has 2 amide bonds. The molecule has 3 aromatic rings. The van der Waals surface area contributed by atoms with E-state index in [2.05, 4.69) is 10.3 Å². The average Bonchev–Trinajstić information content (AvgIpc) is 3.74. The van der Waals surface area contributed by atoms with Gasteiger partial charge in [0.1, 0.15) is 0 Å². The molecular formula is C27H29N3O6. The van der Waals surface area contributed by atoms with E-state index in [-0.39, 0.29) is 30.9 Å². The third kappa shape index (κ3) is 6.65. The Morgan fingerprint density at radius 2 is 1.56 bits per heavy atom. The fourth-order valence-electron chi connectivity index (χ4n) is 3.63. The molecule has 9 nitrogen and oxygen atoms in total. The Hall–Kier alpha value is -4.27. The lowest BCUT2D eigenvalue weighted by Crippen LogP contribution is -2.38. The van der Waals surface area contributed by atoms with E-state index in [1.54, 1.807) is 55.5 Å². The number of pyridine rings is 1. The Bertz CT molecular complexity index is 1180. The number of aromatic nitrogens is 1. The van der Waals surface area contributed by atoms with Gasteiger partial charge < -0.3 is 29.2 Å². The smallest absolute Gasteiger partial charge is 0.260 e. The molecule has 0 radical (unpaired) electrons. The SMILES string of the molecule is COc1ccccc1OCC(=O)N(CCC(=O)Nc1ccc(Oc2ccccc2OC)nc1)C1CC1. The first kappa shape index (κ1) is 24.8. The van der Waals surface area contributed by atoms with Crippen molar-refractivity contribution in [1.29, 1.82) is 0 Å². The van der Waals surface area contributed by atoms with Gasteiger partial charge in [0, 0.05) is 25.1 Å². The molecule has 0 aliphatic heterocycles. The number of ether oxygens (including phenoxy) is 4. The Morgan fingerprint density at radius 1 is 0.917 bits per heavy atom. The molecule has 1 N–H and O–H groups in total. The summed E-state index contributed by atoms with van der Waals surface area (Å²) < 4.78 is 22.0. The van der Waals surface area contributed by atoms with Crippen molar-refractivity contribution in [2.24, 2.45) is 0 Å². The number of nitrogens with zero attached hydrogens (tertiary/aromatic N) is 2. The quantitative estimate of drug-likeness (QED) is 0.403. The third-order valence-electron chi connectivity index (χ3n) is 5.61.